The number of hydrogen-bond acceptors (Lipinski definition) is 5. The standard InChI is InChI=1S/C18H22N4O2S/c1-25-14-3-2-5-22-13(14)9-20-17(22)18(4-6-24-10-18)21-16(23)15-11-7-19-8-12(11)15/h2-3,5,9,11-12,15,19H,4,6-8,10H2,1H3,(H,21,23)/t11-,12+,15+,18?. The summed E-state index contributed by atoms with van der Waals surface area (Å²) < 4.78 is 7.81. The molecule has 4 heterocycles. The van der Waals surface area contributed by atoms with Crippen molar-refractivity contribution in [3.8, 4) is 0 Å². The second kappa shape index (κ2) is 5.72. The smallest absolute Gasteiger partial charge is 0.224 e. The molecular weight excluding hydrogens is 336 g/mol. The van der Waals surface area contributed by atoms with Crippen LogP contribution in [0.4, 0.5) is 0 Å². The minimum Gasteiger partial charge on any atom is -0.378 e. The fourth-order valence-corrected chi connectivity index (χ4v) is 5.12. The first-order chi connectivity index (χ1) is 12.2. The molecule has 0 bridgehead atoms. The average molecular weight is 358 g/mol. The molecule has 4 atom stereocenters. The summed E-state index contributed by atoms with van der Waals surface area (Å²) in [5.41, 5.74) is 0.559. The number of amides is 1. The van der Waals surface area contributed by atoms with Gasteiger partial charge in [-0.15, -0.1) is 11.8 Å². The Labute approximate surface area is 150 Å². The van der Waals surface area contributed by atoms with Gasteiger partial charge in [-0.05, 0) is 43.3 Å². The van der Waals surface area contributed by atoms with E-state index in [-0.39, 0.29) is 11.8 Å². The van der Waals surface area contributed by atoms with Crippen LogP contribution in [0.15, 0.2) is 29.4 Å². The molecule has 132 valence electrons. The maximum atomic E-state index is 12.9. The Morgan fingerprint density at radius 2 is 2.32 bits per heavy atom. The van der Waals surface area contributed by atoms with E-state index < -0.39 is 5.54 Å². The predicted octanol–water partition coefficient (Wildman–Crippen LogP) is 1.25. The number of aromatic nitrogens is 2. The van der Waals surface area contributed by atoms with Crippen molar-refractivity contribution >= 4 is 23.2 Å². The molecule has 1 amide bonds. The van der Waals surface area contributed by atoms with E-state index in [0.717, 1.165) is 30.9 Å². The second-order valence-electron chi connectivity index (χ2n) is 7.30. The number of carbonyl (C=O) groups is 1. The zero-order valence-corrected chi connectivity index (χ0v) is 15.0. The van der Waals surface area contributed by atoms with E-state index >= 15 is 0 Å². The summed E-state index contributed by atoms with van der Waals surface area (Å²) in [6.07, 6.45) is 6.77. The zero-order chi connectivity index (χ0) is 17.0. The van der Waals surface area contributed by atoms with E-state index in [0.29, 0.717) is 25.0 Å². The lowest BCUT2D eigenvalue weighted by Crippen LogP contribution is -2.49. The van der Waals surface area contributed by atoms with Crippen molar-refractivity contribution in [1.29, 1.82) is 0 Å². The molecule has 3 fully saturated rings. The van der Waals surface area contributed by atoms with Gasteiger partial charge < -0.3 is 19.8 Å². The Hall–Kier alpha value is -1.57. The van der Waals surface area contributed by atoms with Crippen LogP contribution >= 0.6 is 11.8 Å². The Bertz CT molecular complexity index is 820. The fourth-order valence-electron chi connectivity index (χ4n) is 4.54. The first kappa shape index (κ1) is 15.7. The molecule has 7 heteroatoms. The molecule has 1 unspecified atom stereocenters. The van der Waals surface area contributed by atoms with Gasteiger partial charge in [0.25, 0.3) is 0 Å². The number of hydrogen-bond donors (Lipinski definition) is 2. The normalized spacial score (nSPS) is 33.6. The molecule has 1 saturated carbocycles. The maximum absolute atomic E-state index is 12.9. The van der Waals surface area contributed by atoms with Gasteiger partial charge in [0.1, 0.15) is 11.4 Å². The summed E-state index contributed by atoms with van der Waals surface area (Å²) in [4.78, 5) is 18.8. The number of fused-ring (bicyclic) bond motifs is 2. The second-order valence-corrected chi connectivity index (χ2v) is 8.15. The molecule has 2 aromatic heterocycles. The van der Waals surface area contributed by atoms with Gasteiger partial charge in [-0.1, -0.05) is 0 Å². The summed E-state index contributed by atoms with van der Waals surface area (Å²) >= 11 is 1.71. The lowest BCUT2D eigenvalue weighted by molar-refractivity contribution is -0.125. The Morgan fingerprint density at radius 3 is 3.04 bits per heavy atom. The van der Waals surface area contributed by atoms with Crippen LogP contribution in [-0.2, 0) is 15.1 Å². The van der Waals surface area contributed by atoms with Crippen molar-refractivity contribution in [2.75, 3.05) is 32.6 Å². The summed E-state index contributed by atoms with van der Waals surface area (Å²) in [6.45, 7) is 3.07. The molecule has 0 radical (unpaired) electrons. The van der Waals surface area contributed by atoms with Crippen molar-refractivity contribution in [1.82, 2.24) is 20.0 Å². The highest BCUT2D eigenvalue weighted by atomic mass is 32.2. The minimum absolute atomic E-state index is 0.159. The first-order valence-corrected chi connectivity index (χ1v) is 10.1. The Kier molecular flexibility index (Phi) is 3.59. The summed E-state index contributed by atoms with van der Waals surface area (Å²) in [7, 11) is 0. The molecule has 2 aliphatic heterocycles. The van der Waals surface area contributed by atoms with Crippen LogP contribution in [0.1, 0.15) is 12.2 Å². The highest BCUT2D eigenvalue weighted by Crippen LogP contribution is 2.49. The van der Waals surface area contributed by atoms with E-state index in [1.807, 2.05) is 18.5 Å². The maximum Gasteiger partial charge on any atom is 0.224 e. The third-order valence-electron chi connectivity index (χ3n) is 5.96. The van der Waals surface area contributed by atoms with Crippen molar-refractivity contribution < 1.29 is 9.53 Å². The number of thioether (sulfide) groups is 1. The Balaban J connectivity index is 1.49. The zero-order valence-electron chi connectivity index (χ0n) is 14.2. The minimum atomic E-state index is -0.523. The molecule has 0 aromatic carbocycles. The van der Waals surface area contributed by atoms with Crippen LogP contribution in [0.25, 0.3) is 5.52 Å². The van der Waals surface area contributed by atoms with E-state index in [1.165, 1.54) is 4.90 Å². The van der Waals surface area contributed by atoms with Crippen LogP contribution in [0.5, 0.6) is 0 Å². The SMILES string of the molecule is CSc1cccn2c(C3(NC(=O)[C@H]4[C@@H]5CNC[C@@H]54)CCOC3)ncc12. The highest BCUT2D eigenvalue weighted by molar-refractivity contribution is 7.98. The lowest BCUT2D eigenvalue weighted by Gasteiger charge is -2.28. The summed E-state index contributed by atoms with van der Waals surface area (Å²) in [6, 6.07) is 4.13. The number of nitrogens with one attached hydrogen (secondary N) is 2. The summed E-state index contributed by atoms with van der Waals surface area (Å²) in [5, 5.41) is 6.68. The number of nitrogens with zero attached hydrogens (tertiary/aromatic N) is 2. The molecule has 0 spiro atoms. The van der Waals surface area contributed by atoms with Crippen molar-refractivity contribution in [2.45, 2.75) is 16.9 Å². The number of ether oxygens (including phenoxy) is 1. The van der Waals surface area contributed by atoms with E-state index in [1.54, 1.807) is 11.8 Å². The van der Waals surface area contributed by atoms with Gasteiger partial charge in [0.05, 0.1) is 18.3 Å². The predicted molar refractivity (Wildman–Crippen MR) is 95.6 cm³/mol. The van der Waals surface area contributed by atoms with Crippen LogP contribution < -0.4 is 10.6 Å². The molecule has 3 aliphatic rings. The fraction of sp³-hybridized carbons (Fsp3) is 0.556. The molecule has 2 saturated heterocycles. The van der Waals surface area contributed by atoms with Gasteiger partial charge in [0.2, 0.25) is 5.91 Å². The highest BCUT2D eigenvalue weighted by Gasteiger charge is 2.58. The number of imidazole rings is 1. The number of rotatable bonds is 4. The first-order valence-electron chi connectivity index (χ1n) is 8.84. The van der Waals surface area contributed by atoms with E-state index in [2.05, 4.69) is 27.4 Å². The van der Waals surface area contributed by atoms with Crippen molar-refractivity contribution in [2.24, 2.45) is 17.8 Å². The topological polar surface area (TPSA) is 67.7 Å². The van der Waals surface area contributed by atoms with Crippen LogP contribution in [0.2, 0.25) is 0 Å². The number of piperidine rings is 1. The van der Waals surface area contributed by atoms with E-state index in [9.17, 15) is 4.79 Å². The van der Waals surface area contributed by atoms with Crippen LogP contribution in [0.3, 0.4) is 0 Å². The van der Waals surface area contributed by atoms with Gasteiger partial charge in [-0.25, -0.2) is 4.98 Å². The monoisotopic (exact) mass is 358 g/mol. The number of pyridine rings is 1. The number of carbonyl (C=O) groups excluding carboxylic acids is 1. The van der Waals surface area contributed by atoms with Crippen LogP contribution in [0, 0.1) is 17.8 Å². The van der Waals surface area contributed by atoms with E-state index in [4.69, 9.17) is 9.72 Å². The lowest BCUT2D eigenvalue weighted by atomic mass is 9.96. The van der Waals surface area contributed by atoms with Gasteiger partial charge in [0.15, 0.2) is 0 Å². The van der Waals surface area contributed by atoms with Gasteiger partial charge in [-0.2, -0.15) is 0 Å². The molecule has 2 N–H and O–H groups in total. The molecule has 25 heavy (non-hydrogen) atoms. The quantitative estimate of drug-likeness (QED) is 0.806. The van der Waals surface area contributed by atoms with Crippen molar-refractivity contribution in [3.63, 3.8) is 0 Å². The van der Waals surface area contributed by atoms with Gasteiger partial charge in [-0.3, -0.25) is 4.79 Å². The van der Waals surface area contributed by atoms with Crippen LogP contribution in [-0.4, -0.2) is 47.9 Å². The third-order valence-corrected chi connectivity index (χ3v) is 6.74. The molecule has 6 nitrogen and oxygen atoms in total. The molecule has 5 rings (SSSR count). The molecular formula is C18H22N4O2S. The summed E-state index contributed by atoms with van der Waals surface area (Å²) in [5.74, 6) is 2.23. The Morgan fingerprint density at radius 1 is 1.48 bits per heavy atom. The largest absolute Gasteiger partial charge is 0.378 e. The molecule has 1 aliphatic carbocycles. The van der Waals surface area contributed by atoms with Gasteiger partial charge >= 0.3 is 0 Å². The van der Waals surface area contributed by atoms with Gasteiger partial charge in [0, 0.05) is 30.0 Å². The molecule has 2 aromatic rings. The average Bonchev–Trinajstić information content (AvgIpc) is 3.09. The van der Waals surface area contributed by atoms with Crippen molar-refractivity contribution in [3.05, 3.63) is 30.4 Å². The third kappa shape index (κ3) is 2.33.